The summed E-state index contributed by atoms with van der Waals surface area (Å²) < 4.78 is 85.9. The standard InChI is InChI=1S/C23H41N2O4Si.CHF3O3S/c1-9-10-11-12-26-21-17(4)14-25-20-13-18(29-22(25)24-21)19(28-20)15-27-30(7,8)23(5,6)16(2)3;2-1(3,4)8(5,6)7/h14,16,18-20H,9-13,15H2,1-8H3;(H,5,6,7)/q+1;/p-1/t18-,19-,20-;/m1./s1. The lowest BCUT2D eigenvalue weighted by Crippen LogP contribution is -2.48. The molecule has 0 N–H and O–H groups in total. The zero-order valence-electron chi connectivity index (χ0n) is 23.4. The van der Waals surface area contributed by atoms with Gasteiger partial charge in [0.25, 0.3) is 0 Å². The zero-order chi connectivity index (χ0) is 29.1. The predicted molar refractivity (Wildman–Crippen MR) is 135 cm³/mol. The van der Waals surface area contributed by atoms with Crippen LogP contribution in [0.25, 0.3) is 0 Å². The average molecular weight is 587 g/mol. The molecule has 0 aromatic carbocycles. The molecule has 1 aromatic heterocycles. The Morgan fingerprint density at radius 2 is 1.87 bits per heavy atom. The summed E-state index contributed by atoms with van der Waals surface area (Å²) in [5.41, 5.74) is -4.64. The molecule has 0 radical (unpaired) electrons. The van der Waals surface area contributed by atoms with Gasteiger partial charge in [-0.2, -0.15) is 17.7 Å². The highest BCUT2D eigenvalue weighted by atomic mass is 32.2. The summed E-state index contributed by atoms with van der Waals surface area (Å²) in [6.45, 7) is 19.3. The molecule has 0 aliphatic carbocycles. The highest BCUT2D eigenvalue weighted by Crippen LogP contribution is 2.45. The van der Waals surface area contributed by atoms with Crippen molar-refractivity contribution >= 4 is 18.4 Å². The van der Waals surface area contributed by atoms with Gasteiger partial charge in [-0.3, -0.25) is 0 Å². The number of fused-ring (bicyclic) bond motifs is 4. The van der Waals surface area contributed by atoms with Crippen LogP contribution in [0.4, 0.5) is 13.2 Å². The SMILES string of the molecule is CCCCCOc1nc2[n+](cc1C)[C@H]1C[C@@H](O2)[C@@H](CO[Si](C)(C)C(C)(C)C(C)C)O1.O=S(=O)([O-])C(F)(F)F. The van der Waals surface area contributed by atoms with Crippen molar-refractivity contribution < 1.29 is 49.3 Å². The minimum Gasteiger partial charge on any atom is -0.741 e. The molecule has 1 aromatic rings. The third kappa shape index (κ3) is 7.80. The quantitative estimate of drug-likeness (QED) is 0.124. The number of nitrogens with zero attached hydrogens (tertiary/aromatic N) is 2. The molecule has 2 bridgehead atoms. The van der Waals surface area contributed by atoms with Gasteiger partial charge in [-0.25, -0.2) is 8.42 Å². The first-order valence-corrected chi connectivity index (χ1v) is 17.2. The Morgan fingerprint density at radius 1 is 1.26 bits per heavy atom. The Morgan fingerprint density at radius 3 is 2.39 bits per heavy atom. The van der Waals surface area contributed by atoms with Crippen LogP contribution in [0.3, 0.4) is 0 Å². The summed E-state index contributed by atoms with van der Waals surface area (Å²) in [5.74, 6) is 1.24. The van der Waals surface area contributed by atoms with E-state index in [1.165, 1.54) is 12.8 Å². The van der Waals surface area contributed by atoms with E-state index in [0.717, 1.165) is 18.4 Å². The van der Waals surface area contributed by atoms with Crippen LogP contribution < -0.4 is 14.0 Å². The average Bonchev–Trinajstić information content (AvgIpc) is 3.12. The van der Waals surface area contributed by atoms with Crippen molar-refractivity contribution in [3.8, 4) is 11.9 Å². The van der Waals surface area contributed by atoms with Crippen molar-refractivity contribution in [1.82, 2.24) is 4.98 Å². The van der Waals surface area contributed by atoms with E-state index in [-0.39, 0.29) is 23.5 Å². The fourth-order valence-electron chi connectivity index (χ4n) is 3.96. The molecule has 220 valence electrons. The number of ether oxygens (including phenoxy) is 3. The topological polar surface area (TPSA) is 111 Å². The van der Waals surface area contributed by atoms with Crippen LogP contribution in [0.1, 0.15) is 72.1 Å². The first-order chi connectivity index (χ1) is 17.3. The molecule has 38 heavy (non-hydrogen) atoms. The number of hydrogen-bond donors (Lipinski definition) is 0. The van der Waals surface area contributed by atoms with Crippen molar-refractivity contribution in [1.29, 1.82) is 0 Å². The maximum absolute atomic E-state index is 10.7. The van der Waals surface area contributed by atoms with Crippen LogP contribution in [-0.2, 0) is 19.3 Å². The van der Waals surface area contributed by atoms with Crippen LogP contribution >= 0.6 is 0 Å². The van der Waals surface area contributed by atoms with Crippen molar-refractivity contribution in [3.63, 3.8) is 0 Å². The number of alkyl halides is 3. The summed E-state index contributed by atoms with van der Waals surface area (Å²) in [4.78, 5) is 4.66. The van der Waals surface area contributed by atoms with Crippen LogP contribution in [0.5, 0.6) is 11.9 Å². The van der Waals surface area contributed by atoms with Gasteiger partial charge in [0.1, 0.15) is 18.4 Å². The zero-order valence-corrected chi connectivity index (χ0v) is 25.2. The maximum Gasteiger partial charge on any atom is 0.504 e. The van der Waals surface area contributed by atoms with Crippen LogP contribution in [0.2, 0.25) is 18.1 Å². The van der Waals surface area contributed by atoms with Gasteiger partial charge in [-0.15, -0.1) is 0 Å². The second-order valence-electron chi connectivity index (χ2n) is 11.1. The molecule has 0 amide bonds. The van der Waals surface area contributed by atoms with Gasteiger partial charge < -0.3 is 23.2 Å². The monoisotopic (exact) mass is 586 g/mol. The largest absolute Gasteiger partial charge is 0.741 e. The molecule has 9 nitrogen and oxygen atoms in total. The number of unbranched alkanes of at least 4 members (excludes halogenated alkanes) is 2. The smallest absolute Gasteiger partial charge is 0.504 e. The van der Waals surface area contributed by atoms with E-state index < -0.39 is 23.9 Å². The molecule has 0 unspecified atom stereocenters. The third-order valence-electron chi connectivity index (χ3n) is 7.71. The van der Waals surface area contributed by atoms with Crippen molar-refractivity contribution in [2.45, 2.75) is 109 Å². The Bertz CT molecular complexity index is 1050. The molecular formula is C24H41F3N2O7SSi. The van der Waals surface area contributed by atoms with E-state index in [0.29, 0.717) is 31.0 Å². The molecule has 1 saturated heterocycles. The highest BCUT2D eigenvalue weighted by Gasteiger charge is 2.50. The van der Waals surface area contributed by atoms with Crippen LogP contribution in [0, 0.1) is 12.8 Å². The second kappa shape index (κ2) is 12.4. The van der Waals surface area contributed by atoms with E-state index in [1.807, 2.05) is 17.7 Å². The number of aryl methyl sites for hydroxylation is 1. The lowest BCUT2D eigenvalue weighted by Gasteiger charge is -2.43. The summed E-state index contributed by atoms with van der Waals surface area (Å²) in [5, 5.41) is 0.182. The number of halogens is 3. The van der Waals surface area contributed by atoms with Gasteiger partial charge in [0.05, 0.1) is 25.2 Å². The van der Waals surface area contributed by atoms with E-state index >= 15 is 0 Å². The lowest BCUT2D eigenvalue weighted by molar-refractivity contribution is -0.769. The first-order valence-electron chi connectivity index (χ1n) is 12.9. The van der Waals surface area contributed by atoms with Gasteiger partial charge in [-0.05, 0) is 37.4 Å². The molecule has 3 atom stereocenters. The van der Waals surface area contributed by atoms with Gasteiger partial charge in [0.2, 0.25) is 6.23 Å². The Balaban J connectivity index is 0.000000550. The van der Waals surface area contributed by atoms with Gasteiger partial charge >= 0.3 is 17.4 Å². The number of hydrogen-bond acceptors (Lipinski definition) is 8. The molecule has 3 heterocycles. The van der Waals surface area contributed by atoms with E-state index in [1.54, 1.807) is 0 Å². The summed E-state index contributed by atoms with van der Waals surface area (Å²) in [6, 6.07) is 0.592. The fraction of sp³-hybridized carbons (Fsp3) is 0.833. The molecular weight excluding hydrogens is 545 g/mol. The van der Waals surface area contributed by atoms with Gasteiger partial charge in [0, 0.05) is 4.98 Å². The van der Waals surface area contributed by atoms with Crippen molar-refractivity contribution in [2.24, 2.45) is 5.92 Å². The van der Waals surface area contributed by atoms with Crippen LogP contribution in [-0.4, -0.2) is 57.2 Å². The minimum absolute atomic E-state index is 0.0230. The molecule has 2 aliphatic heterocycles. The minimum atomic E-state index is -6.09. The molecule has 2 aliphatic rings. The van der Waals surface area contributed by atoms with Crippen LogP contribution in [0.15, 0.2) is 6.20 Å². The lowest BCUT2D eigenvalue weighted by atomic mass is 9.99. The second-order valence-corrected chi connectivity index (χ2v) is 17.1. The van der Waals surface area contributed by atoms with Crippen molar-refractivity contribution in [2.75, 3.05) is 13.2 Å². The van der Waals surface area contributed by atoms with E-state index in [2.05, 4.69) is 52.7 Å². The predicted octanol–water partition coefficient (Wildman–Crippen LogP) is 5.00. The number of aromatic nitrogens is 2. The molecule has 0 spiro atoms. The van der Waals surface area contributed by atoms with Gasteiger partial charge in [-0.1, -0.05) is 47.5 Å². The molecule has 1 fully saturated rings. The summed E-state index contributed by atoms with van der Waals surface area (Å²) in [6.07, 6.45) is 6.13. The Labute approximate surface area is 224 Å². The normalized spacial score (nSPS) is 21.4. The third-order valence-corrected chi connectivity index (χ3v) is 12.8. The highest BCUT2D eigenvalue weighted by molar-refractivity contribution is 7.86. The molecule has 0 saturated carbocycles. The summed E-state index contributed by atoms with van der Waals surface area (Å²) >= 11 is 0. The fourth-order valence-corrected chi connectivity index (χ4v) is 6.31. The van der Waals surface area contributed by atoms with E-state index in [4.69, 9.17) is 31.6 Å². The molecule has 14 heteroatoms. The first kappa shape index (κ1) is 32.7. The van der Waals surface area contributed by atoms with Crippen molar-refractivity contribution in [3.05, 3.63) is 11.8 Å². The Hall–Kier alpha value is -1.48. The maximum atomic E-state index is 10.7. The van der Waals surface area contributed by atoms with Gasteiger partial charge in [0.15, 0.2) is 18.4 Å². The Kier molecular flexibility index (Phi) is 10.6. The summed E-state index contributed by atoms with van der Waals surface area (Å²) in [7, 11) is -7.99. The molecule has 3 rings (SSSR count). The van der Waals surface area contributed by atoms with E-state index in [9.17, 15) is 13.2 Å². The number of rotatable bonds is 10.